The number of furan rings is 1. The molecule has 2 amide bonds. The van der Waals surface area contributed by atoms with Gasteiger partial charge in [-0.05, 0) is 36.4 Å². The van der Waals surface area contributed by atoms with Crippen LogP contribution in [0.4, 0.5) is 4.39 Å². The Morgan fingerprint density at radius 3 is 2.26 bits per heavy atom. The summed E-state index contributed by atoms with van der Waals surface area (Å²) in [5.41, 5.74) is 0. The molecule has 1 aliphatic rings. The summed E-state index contributed by atoms with van der Waals surface area (Å²) < 4.78 is 44.5. The van der Waals surface area contributed by atoms with Crippen LogP contribution in [0.25, 0.3) is 0 Å². The number of benzene rings is 1. The summed E-state index contributed by atoms with van der Waals surface area (Å²) in [6, 6.07) is 7.52. The monoisotopic (exact) mass is 395 g/mol. The molecule has 1 aromatic carbocycles. The first kappa shape index (κ1) is 19.1. The highest BCUT2D eigenvalue weighted by molar-refractivity contribution is 7.89. The molecular formula is C17H18FN3O5S. The molecule has 1 aliphatic heterocycles. The van der Waals surface area contributed by atoms with Gasteiger partial charge >= 0.3 is 0 Å². The van der Waals surface area contributed by atoms with Crippen LogP contribution in [0.3, 0.4) is 0 Å². The average molecular weight is 395 g/mol. The number of nitrogens with zero attached hydrogens (tertiary/aromatic N) is 2. The molecule has 2 heterocycles. The fourth-order valence-electron chi connectivity index (χ4n) is 2.68. The summed E-state index contributed by atoms with van der Waals surface area (Å²) in [6.07, 6.45) is 1.42. The minimum Gasteiger partial charge on any atom is -0.459 e. The molecule has 0 bridgehead atoms. The van der Waals surface area contributed by atoms with E-state index in [1.54, 1.807) is 17.0 Å². The van der Waals surface area contributed by atoms with E-state index in [4.69, 9.17) is 4.42 Å². The van der Waals surface area contributed by atoms with Crippen molar-refractivity contribution in [3.05, 3.63) is 54.2 Å². The first-order valence-corrected chi connectivity index (χ1v) is 9.71. The predicted molar refractivity (Wildman–Crippen MR) is 92.8 cm³/mol. The van der Waals surface area contributed by atoms with Crippen molar-refractivity contribution in [3.63, 3.8) is 0 Å². The summed E-state index contributed by atoms with van der Waals surface area (Å²) >= 11 is 0. The fraction of sp³-hybridized carbons (Fsp3) is 0.294. The van der Waals surface area contributed by atoms with Gasteiger partial charge in [0.2, 0.25) is 15.9 Å². The SMILES string of the molecule is O=C(CNS(=O)(=O)c1ccc(F)cc1)N1CCN(C(=O)c2ccco2)CC1. The Bertz CT molecular complexity index is 905. The average Bonchev–Trinajstić information content (AvgIpc) is 3.21. The first-order chi connectivity index (χ1) is 12.9. The Balaban J connectivity index is 1.51. The van der Waals surface area contributed by atoms with Crippen LogP contribution in [0, 0.1) is 5.82 Å². The minimum atomic E-state index is -3.91. The quantitative estimate of drug-likeness (QED) is 0.803. The van der Waals surface area contributed by atoms with Crippen molar-refractivity contribution in [2.24, 2.45) is 0 Å². The molecule has 2 aromatic rings. The molecule has 10 heteroatoms. The Labute approximate surface area is 155 Å². The lowest BCUT2D eigenvalue weighted by Gasteiger charge is -2.34. The topological polar surface area (TPSA) is 99.9 Å². The van der Waals surface area contributed by atoms with Gasteiger partial charge in [0.05, 0.1) is 17.7 Å². The maximum absolute atomic E-state index is 12.9. The van der Waals surface area contributed by atoms with E-state index in [9.17, 15) is 22.4 Å². The highest BCUT2D eigenvalue weighted by Crippen LogP contribution is 2.11. The van der Waals surface area contributed by atoms with E-state index >= 15 is 0 Å². The highest BCUT2D eigenvalue weighted by atomic mass is 32.2. The molecular weight excluding hydrogens is 377 g/mol. The second kappa shape index (κ2) is 7.89. The van der Waals surface area contributed by atoms with Crippen LogP contribution in [0.15, 0.2) is 52.0 Å². The highest BCUT2D eigenvalue weighted by Gasteiger charge is 2.26. The number of amides is 2. The van der Waals surface area contributed by atoms with E-state index in [1.165, 1.54) is 11.2 Å². The molecule has 0 spiro atoms. The number of nitrogens with one attached hydrogen (secondary N) is 1. The van der Waals surface area contributed by atoms with E-state index in [-0.39, 0.29) is 16.6 Å². The summed E-state index contributed by atoms with van der Waals surface area (Å²) in [5.74, 6) is -0.955. The van der Waals surface area contributed by atoms with Gasteiger partial charge in [-0.15, -0.1) is 0 Å². The van der Waals surface area contributed by atoms with Crippen molar-refractivity contribution in [3.8, 4) is 0 Å². The lowest BCUT2D eigenvalue weighted by atomic mass is 10.3. The maximum atomic E-state index is 12.9. The van der Waals surface area contributed by atoms with Gasteiger partial charge < -0.3 is 14.2 Å². The predicted octanol–water partition coefficient (Wildman–Crippen LogP) is 0.682. The molecule has 0 saturated carbocycles. The zero-order valence-corrected chi connectivity index (χ0v) is 15.1. The number of carbonyl (C=O) groups excluding carboxylic acids is 2. The van der Waals surface area contributed by atoms with Crippen LogP contribution < -0.4 is 4.72 Å². The van der Waals surface area contributed by atoms with Gasteiger partial charge in [0, 0.05) is 26.2 Å². The third-order valence-electron chi connectivity index (χ3n) is 4.19. The summed E-state index contributed by atoms with van der Waals surface area (Å²) in [7, 11) is -3.91. The van der Waals surface area contributed by atoms with E-state index in [1.807, 2.05) is 0 Å². The van der Waals surface area contributed by atoms with E-state index in [2.05, 4.69) is 4.72 Å². The molecule has 0 aliphatic carbocycles. The Morgan fingerprint density at radius 1 is 1.04 bits per heavy atom. The molecule has 27 heavy (non-hydrogen) atoms. The number of sulfonamides is 1. The number of carbonyl (C=O) groups is 2. The number of piperazine rings is 1. The molecule has 1 saturated heterocycles. The van der Waals surface area contributed by atoms with Crippen LogP contribution in [0.1, 0.15) is 10.6 Å². The molecule has 0 unspecified atom stereocenters. The van der Waals surface area contributed by atoms with E-state index < -0.39 is 28.3 Å². The van der Waals surface area contributed by atoms with Gasteiger partial charge in [-0.1, -0.05) is 0 Å². The van der Waals surface area contributed by atoms with Gasteiger partial charge in [-0.25, -0.2) is 17.5 Å². The number of rotatable bonds is 5. The summed E-state index contributed by atoms with van der Waals surface area (Å²) in [6.45, 7) is 0.838. The Hall–Kier alpha value is -2.72. The largest absolute Gasteiger partial charge is 0.459 e. The molecule has 144 valence electrons. The van der Waals surface area contributed by atoms with Gasteiger partial charge in [0.1, 0.15) is 5.82 Å². The van der Waals surface area contributed by atoms with Crippen LogP contribution in [-0.2, 0) is 14.8 Å². The third-order valence-corrected chi connectivity index (χ3v) is 5.61. The van der Waals surface area contributed by atoms with Crippen LogP contribution in [0.2, 0.25) is 0 Å². The van der Waals surface area contributed by atoms with Crippen molar-refractivity contribution in [1.29, 1.82) is 0 Å². The molecule has 8 nitrogen and oxygen atoms in total. The molecule has 1 N–H and O–H groups in total. The minimum absolute atomic E-state index is 0.120. The van der Waals surface area contributed by atoms with Gasteiger partial charge in [0.15, 0.2) is 5.76 Å². The first-order valence-electron chi connectivity index (χ1n) is 8.22. The second-order valence-corrected chi connectivity index (χ2v) is 7.70. The molecule has 1 fully saturated rings. The molecule has 0 atom stereocenters. The van der Waals surface area contributed by atoms with Crippen molar-refractivity contribution < 1.29 is 26.8 Å². The molecule has 3 rings (SSSR count). The standard InChI is InChI=1S/C17H18FN3O5S/c18-13-3-5-14(6-4-13)27(24,25)19-12-16(22)20-7-9-21(10-8-20)17(23)15-2-1-11-26-15/h1-6,11,19H,7-10,12H2. The number of hydrogen-bond donors (Lipinski definition) is 1. The summed E-state index contributed by atoms with van der Waals surface area (Å²) in [4.78, 5) is 27.4. The Morgan fingerprint density at radius 2 is 1.67 bits per heavy atom. The van der Waals surface area contributed by atoms with Crippen molar-refractivity contribution in [2.45, 2.75) is 4.90 Å². The maximum Gasteiger partial charge on any atom is 0.289 e. The van der Waals surface area contributed by atoms with Crippen molar-refractivity contribution in [1.82, 2.24) is 14.5 Å². The van der Waals surface area contributed by atoms with Crippen molar-refractivity contribution >= 4 is 21.8 Å². The zero-order valence-electron chi connectivity index (χ0n) is 14.3. The summed E-state index contributed by atoms with van der Waals surface area (Å²) in [5, 5.41) is 0. The second-order valence-electron chi connectivity index (χ2n) is 5.93. The van der Waals surface area contributed by atoms with Gasteiger partial charge in [0.25, 0.3) is 5.91 Å². The number of hydrogen-bond acceptors (Lipinski definition) is 5. The molecule has 0 radical (unpaired) electrons. The third kappa shape index (κ3) is 4.52. The van der Waals surface area contributed by atoms with Crippen LogP contribution in [0.5, 0.6) is 0 Å². The lowest BCUT2D eigenvalue weighted by molar-refractivity contribution is -0.131. The normalized spacial score (nSPS) is 15.0. The molecule has 1 aromatic heterocycles. The van der Waals surface area contributed by atoms with Crippen LogP contribution >= 0.6 is 0 Å². The van der Waals surface area contributed by atoms with Gasteiger partial charge in [-0.2, -0.15) is 0 Å². The van der Waals surface area contributed by atoms with Crippen LogP contribution in [-0.4, -0.2) is 62.8 Å². The van der Waals surface area contributed by atoms with Crippen molar-refractivity contribution in [2.75, 3.05) is 32.7 Å². The zero-order chi connectivity index (χ0) is 19.4. The van der Waals surface area contributed by atoms with E-state index in [0.29, 0.717) is 26.2 Å². The smallest absolute Gasteiger partial charge is 0.289 e. The number of halogens is 1. The van der Waals surface area contributed by atoms with E-state index in [0.717, 1.165) is 24.3 Å². The Kier molecular flexibility index (Phi) is 5.57. The van der Waals surface area contributed by atoms with Gasteiger partial charge in [-0.3, -0.25) is 9.59 Å². The fourth-order valence-corrected chi connectivity index (χ4v) is 3.66. The lowest BCUT2D eigenvalue weighted by Crippen LogP contribution is -2.52.